The summed E-state index contributed by atoms with van der Waals surface area (Å²) in [6, 6.07) is 8.50. The Hall–Kier alpha value is -1.80. The Bertz CT molecular complexity index is 800. The number of nitrogens with one attached hydrogen (secondary N) is 2. The van der Waals surface area contributed by atoms with Crippen molar-refractivity contribution in [2.45, 2.75) is 45.1 Å². The lowest BCUT2D eigenvalue weighted by Gasteiger charge is -2.33. The summed E-state index contributed by atoms with van der Waals surface area (Å²) in [5.41, 5.74) is 1.08. The number of hydrogen-bond donors (Lipinski definition) is 2. The van der Waals surface area contributed by atoms with E-state index in [1.807, 2.05) is 12.1 Å². The molecule has 1 saturated heterocycles. The van der Waals surface area contributed by atoms with Crippen LogP contribution in [0.15, 0.2) is 29.3 Å². The highest BCUT2D eigenvalue weighted by Gasteiger charge is 2.23. The van der Waals surface area contributed by atoms with Crippen LogP contribution in [-0.4, -0.2) is 77.2 Å². The van der Waals surface area contributed by atoms with Crippen molar-refractivity contribution < 1.29 is 13.2 Å². The zero-order valence-electron chi connectivity index (χ0n) is 19.1. The van der Waals surface area contributed by atoms with E-state index < -0.39 is 9.84 Å². The number of aliphatic imine (C=N–C) groups is 1. The third-order valence-corrected chi connectivity index (χ3v) is 6.46. The van der Waals surface area contributed by atoms with E-state index in [1.54, 1.807) is 7.11 Å². The van der Waals surface area contributed by atoms with Gasteiger partial charge in [-0.25, -0.2) is 8.42 Å². The molecule has 0 atom stereocenters. The molecule has 1 aromatic rings. The number of rotatable bonds is 9. The minimum Gasteiger partial charge on any atom is -0.497 e. The Kier molecular flexibility index (Phi) is 8.97. The van der Waals surface area contributed by atoms with Crippen molar-refractivity contribution in [3.05, 3.63) is 29.8 Å². The number of nitrogens with zero attached hydrogens (tertiary/aromatic N) is 2. The van der Waals surface area contributed by atoms with Crippen LogP contribution in [0.3, 0.4) is 0 Å². The zero-order valence-corrected chi connectivity index (χ0v) is 19.9. The lowest BCUT2D eigenvalue weighted by molar-refractivity contribution is 0.216. The number of piperidine rings is 1. The molecule has 0 aromatic heterocycles. The summed E-state index contributed by atoms with van der Waals surface area (Å²) in [5, 5.41) is 6.92. The van der Waals surface area contributed by atoms with Crippen LogP contribution in [0.2, 0.25) is 0 Å². The summed E-state index contributed by atoms with van der Waals surface area (Å²) in [6.45, 7) is 10.3. The van der Waals surface area contributed by atoms with Crippen LogP contribution >= 0.6 is 0 Å². The number of methoxy groups -OCH3 is 1. The zero-order chi connectivity index (χ0) is 22.2. The standard InChI is InChI=1S/C22H38N4O3S/c1-6-23-21(24-17-22(2,3)18-8-7-9-20(16-18)29-4)25-19-10-12-26(13-11-19)14-15-30(5,27)28/h7-9,16,19H,6,10-15,17H2,1-5H3,(H2,23,24,25). The first-order chi connectivity index (χ1) is 14.1. The topological polar surface area (TPSA) is 83.0 Å². The van der Waals surface area contributed by atoms with E-state index in [0.29, 0.717) is 19.1 Å². The van der Waals surface area contributed by atoms with Crippen LogP contribution in [0.5, 0.6) is 5.75 Å². The van der Waals surface area contributed by atoms with Crippen molar-refractivity contribution in [2.75, 3.05) is 51.8 Å². The number of sulfone groups is 1. The molecular weight excluding hydrogens is 400 g/mol. The summed E-state index contributed by atoms with van der Waals surface area (Å²) >= 11 is 0. The average Bonchev–Trinajstić information content (AvgIpc) is 2.71. The molecule has 7 nitrogen and oxygen atoms in total. The monoisotopic (exact) mass is 438 g/mol. The van der Waals surface area contributed by atoms with E-state index in [0.717, 1.165) is 44.2 Å². The predicted molar refractivity (Wildman–Crippen MR) is 124 cm³/mol. The van der Waals surface area contributed by atoms with Crippen molar-refractivity contribution in [1.29, 1.82) is 0 Å². The largest absolute Gasteiger partial charge is 0.497 e. The van der Waals surface area contributed by atoms with Gasteiger partial charge in [-0.15, -0.1) is 0 Å². The average molecular weight is 439 g/mol. The molecule has 2 N–H and O–H groups in total. The third-order valence-electron chi connectivity index (χ3n) is 5.53. The van der Waals surface area contributed by atoms with Crippen LogP contribution in [0.25, 0.3) is 0 Å². The number of ether oxygens (including phenoxy) is 1. The fourth-order valence-corrected chi connectivity index (χ4v) is 4.11. The highest BCUT2D eigenvalue weighted by Crippen LogP contribution is 2.26. The number of guanidine groups is 1. The van der Waals surface area contributed by atoms with Crippen molar-refractivity contribution in [3.8, 4) is 5.75 Å². The van der Waals surface area contributed by atoms with Gasteiger partial charge in [0, 0.05) is 43.9 Å². The number of benzene rings is 1. The van der Waals surface area contributed by atoms with Crippen molar-refractivity contribution in [2.24, 2.45) is 4.99 Å². The molecule has 1 fully saturated rings. The summed E-state index contributed by atoms with van der Waals surface area (Å²) < 4.78 is 28.1. The molecule has 8 heteroatoms. The SMILES string of the molecule is CCNC(=NCC(C)(C)c1cccc(OC)c1)NC1CCN(CCS(C)(=O)=O)CC1. The van der Waals surface area contributed by atoms with Gasteiger partial charge in [-0.2, -0.15) is 0 Å². The van der Waals surface area contributed by atoms with Gasteiger partial charge in [0.05, 0.1) is 19.4 Å². The minimum atomic E-state index is -2.91. The number of hydrogen-bond acceptors (Lipinski definition) is 5. The van der Waals surface area contributed by atoms with Gasteiger partial charge in [-0.3, -0.25) is 4.99 Å². The van der Waals surface area contributed by atoms with Gasteiger partial charge < -0.3 is 20.3 Å². The van der Waals surface area contributed by atoms with Crippen molar-refractivity contribution in [3.63, 3.8) is 0 Å². The molecule has 0 spiro atoms. The second-order valence-electron chi connectivity index (χ2n) is 8.70. The van der Waals surface area contributed by atoms with E-state index in [1.165, 1.54) is 11.8 Å². The van der Waals surface area contributed by atoms with Gasteiger partial charge in [0.15, 0.2) is 5.96 Å². The highest BCUT2D eigenvalue weighted by atomic mass is 32.2. The summed E-state index contributed by atoms with van der Waals surface area (Å²) in [6.07, 6.45) is 3.26. The first kappa shape index (κ1) is 24.5. The van der Waals surface area contributed by atoms with Crippen LogP contribution < -0.4 is 15.4 Å². The molecule has 0 amide bonds. The summed E-state index contributed by atoms with van der Waals surface area (Å²) in [4.78, 5) is 7.09. The Morgan fingerprint density at radius 3 is 2.60 bits per heavy atom. The van der Waals surface area contributed by atoms with Crippen molar-refractivity contribution in [1.82, 2.24) is 15.5 Å². The molecular formula is C22H38N4O3S. The second kappa shape index (κ2) is 11.0. The van der Waals surface area contributed by atoms with Crippen LogP contribution in [0, 0.1) is 0 Å². The van der Waals surface area contributed by atoms with Gasteiger partial charge in [0.25, 0.3) is 0 Å². The highest BCUT2D eigenvalue weighted by molar-refractivity contribution is 7.90. The molecule has 0 saturated carbocycles. The molecule has 0 radical (unpaired) electrons. The molecule has 1 aliphatic rings. The van der Waals surface area contributed by atoms with Crippen LogP contribution in [-0.2, 0) is 15.3 Å². The second-order valence-corrected chi connectivity index (χ2v) is 11.0. The summed E-state index contributed by atoms with van der Waals surface area (Å²) in [7, 11) is -1.22. The lowest BCUT2D eigenvalue weighted by atomic mass is 9.84. The van der Waals surface area contributed by atoms with E-state index in [9.17, 15) is 8.42 Å². The Morgan fingerprint density at radius 2 is 2.00 bits per heavy atom. The Labute approximate surface area is 182 Å². The molecule has 0 bridgehead atoms. The smallest absolute Gasteiger partial charge is 0.191 e. The predicted octanol–water partition coefficient (Wildman–Crippen LogP) is 2.04. The molecule has 170 valence electrons. The molecule has 1 aliphatic heterocycles. The van der Waals surface area contributed by atoms with E-state index in [-0.39, 0.29) is 11.2 Å². The quantitative estimate of drug-likeness (QED) is 0.454. The molecule has 30 heavy (non-hydrogen) atoms. The van der Waals surface area contributed by atoms with Crippen LogP contribution in [0.4, 0.5) is 0 Å². The maximum Gasteiger partial charge on any atom is 0.191 e. The maximum atomic E-state index is 11.4. The molecule has 0 aliphatic carbocycles. The third kappa shape index (κ3) is 8.14. The maximum absolute atomic E-state index is 11.4. The normalized spacial score (nSPS) is 17.0. The van der Waals surface area contributed by atoms with Gasteiger partial charge in [-0.05, 0) is 37.5 Å². The molecule has 0 unspecified atom stereocenters. The Balaban J connectivity index is 1.93. The van der Waals surface area contributed by atoms with E-state index in [4.69, 9.17) is 9.73 Å². The molecule has 2 rings (SSSR count). The van der Waals surface area contributed by atoms with Gasteiger partial charge in [0.2, 0.25) is 0 Å². The molecule has 1 aromatic carbocycles. The first-order valence-electron chi connectivity index (χ1n) is 10.7. The number of likely N-dealkylation sites (tertiary alicyclic amines) is 1. The van der Waals surface area contributed by atoms with E-state index in [2.05, 4.69) is 48.4 Å². The summed E-state index contributed by atoms with van der Waals surface area (Å²) in [5.74, 6) is 1.93. The fraction of sp³-hybridized carbons (Fsp3) is 0.682. The van der Waals surface area contributed by atoms with Crippen molar-refractivity contribution >= 4 is 15.8 Å². The first-order valence-corrected chi connectivity index (χ1v) is 12.8. The van der Waals surface area contributed by atoms with Gasteiger partial charge >= 0.3 is 0 Å². The van der Waals surface area contributed by atoms with Crippen LogP contribution in [0.1, 0.15) is 39.2 Å². The van der Waals surface area contributed by atoms with Gasteiger partial charge in [0.1, 0.15) is 15.6 Å². The Morgan fingerprint density at radius 1 is 1.30 bits per heavy atom. The fourth-order valence-electron chi connectivity index (χ4n) is 3.52. The molecule has 1 heterocycles. The van der Waals surface area contributed by atoms with E-state index >= 15 is 0 Å². The van der Waals surface area contributed by atoms with Gasteiger partial charge in [-0.1, -0.05) is 26.0 Å². The minimum absolute atomic E-state index is 0.119. The lowest BCUT2D eigenvalue weighted by Crippen LogP contribution is -2.49.